The molecule has 0 saturated carbocycles. The van der Waals surface area contributed by atoms with Crippen molar-refractivity contribution >= 4 is 10.9 Å². The number of nitrogens with zero attached hydrogens (tertiary/aromatic N) is 1. The van der Waals surface area contributed by atoms with Crippen molar-refractivity contribution in [3.8, 4) is 16.9 Å². The molecule has 0 N–H and O–H groups in total. The highest BCUT2D eigenvalue weighted by Gasteiger charge is 2.10. The van der Waals surface area contributed by atoms with Gasteiger partial charge in [0.15, 0.2) is 0 Å². The topological polar surface area (TPSA) is 14.2 Å². The summed E-state index contributed by atoms with van der Waals surface area (Å²) >= 11 is 0. The number of hydrogen-bond donors (Lipinski definition) is 0. The molecule has 0 fully saturated rings. The molecule has 0 spiro atoms. The number of benzene rings is 3. The Morgan fingerprint density at radius 3 is 2.26 bits per heavy atom. The zero-order valence-electron chi connectivity index (χ0n) is 15.9. The lowest BCUT2D eigenvalue weighted by Crippen LogP contribution is -2.04. The summed E-state index contributed by atoms with van der Waals surface area (Å²) < 4.78 is 8.16. The molecule has 3 aromatic carbocycles. The van der Waals surface area contributed by atoms with Gasteiger partial charge in [-0.05, 0) is 35.2 Å². The van der Waals surface area contributed by atoms with Crippen molar-refractivity contribution in [3.63, 3.8) is 0 Å². The monoisotopic (exact) mass is 355 g/mol. The van der Waals surface area contributed by atoms with E-state index in [0.717, 1.165) is 18.9 Å². The molecular formula is C25H25NO. The molecular weight excluding hydrogens is 330 g/mol. The molecule has 1 aromatic heterocycles. The predicted molar refractivity (Wildman–Crippen MR) is 113 cm³/mol. The maximum Gasteiger partial charge on any atom is 0.119 e. The van der Waals surface area contributed by atoms with E-state index in [1.165, 1.54) is 27.6 Å². The van der Waals surface area contributed by atoms with Crippen LogP contribution < -0.4 is 4.74 Å². The predicted octanol–water partition coefficient (Wildman–Crippen LogP) is 6.39. The van der Waals surface area contributed by atoms with Crippen LogP contribution in [0.3, 0.4) is 0 Å². The Kier molecular flexibility index (Phi) is 4.97. The summed E-state index contributed by atoms with van der Waals surface area (Å²) in [4.78, 5) is 0. The normalized spacial score (nSPS) is 11.2. The molecule has 0 aliphatic heterocycles. The average molecular weight is 355 g/mol. The van der Waals surface area contributed by atoms with E-state index in [1.807, 2.05) is 0 Å². The number of rotatable bonds is 6. The van der Waals surface area contributed by atoms with Crippen molar-refractivity contribution in [2.75, 3.05) is 6.61 Å². The van der Waals surface area contributed by atoms with Gasteiger partial charge in [-0.3, -0.25) is 0 Å². The van der Waals surface area contributed by atoms with Crippen LogP contribution in [0.2, 0.25) is 0 Å². The van der Waals surface area contributed by atoms with Crippen LogP contribution >= 0.6 is 0 Å². The van der Waals surface area contributed by atoms with Gasteiger partial charge in [0.2, 0.25) is 0 Å². The van der Waals surface area contributed by atoms with E-state index in [9.17, 15) is 0 Å². The maximum atomic E-state index is 5.82. The van der Waals surface area contributed by atoms with E-state index < -0.39 is 0 Å². The smallest absolute Gasteiger partial charge is 0.119 e. The standard InChI is InChI=1S/C25H25NO/c1-19(2)18-27-22-14-12-21(13-15-22)24-17-26(16-20-8-4-3-5-9-20)25-11-7-6-10-23(24)25/h3-15,17,19H,16,18H2,1-2H3. The Hall–Kier alpha value is -3.00. The van der Waals surface area contributed by atoms with Gasteiger partial charge >= 0.3 is 0 Å². The third kappa shape index (κ3) is 3.90. The van der Waals surface area contributed by atoms with E-state index in [1.54, 1.807) is 0 Å². The lowest BCUT2D eigenvalue weighted by Gasteiger charge is -2.09. The van der Waals surface area contributed by atoms with Gasteiger partial charge in [0.1, 0.15) is 5.75 Å². The van der Waals surface area contributed by atoms with Crippen LogP contribution in [0.1, 0.15) is 19.4 Å². The molecule has 0 aliphatic carbocycles. The molecule has 4 rings (SSSR count). The highest BCUT2D eigenvalue weighted by molar-refractivity contribution is 5.96. The second-order valence-electron chi connectivity index (χ2n) is 7.40. The fourth-order valence-electron chi connectivity index (χ4n) is 3.38. The third-order valence-corrected chi connectivity index (χ3v) is 4.73. The minimum atomic E-state index is 0.528. The first kappa shape index (κ1) is 17.4. The summed E-state index contributed by atoms with van der Waals surface area (Å²) in [5.74, 6) is 1.46. The number of para-hydroxylation sites is 1. The van der Waals surface area contributed by atoms with Crippen LogP contribution in [0.15, 0.2) is 85.1 Å². The molecule has 0 atom stereocenters. The fourth-order valence-corrected chi connectivity index (χ4v) is 3.38. The Labute approximate surface area is 161 Å². The van der Waals surface area contributed by atoms with Crippen LogP contribution in [-0.2, 0) is 6.54 Å². The summed E-state index contributed by atoms with van der Waals surface area (Å²) in [5.41, 5.74) is 5.05. The Bertz CT molecular complexity index is 1010. The first-order valence-corrected chi connectivity index (χ1v) is 9.56. The van der Waals surface area contributed by atoms with Crippen molar-refractivity contribution < 1.29 is 4.74 Å². The van der Waals surface area contributed by atoms with Gasteiger partial charge < -0.3 is 9.30 Å². The minimum Gasteiger partial charge on any atom is -0.493 e. The molecule has 2 nitrogen and oxygen atoms in total. The van der Waals surface area contributed by atoms with Crippen molar-refractivity contribution in [3.05, 3.63) is 90.6 Å². The summed E-state index contributed by atoms with van der Waals surface area (Å²) in [6.45, 7) is 5.94. The van der Waals surface area contributed by atoms with Crippen LogP contribution in [0.5, 0.6) is 5.75 Å². The molecule has 4 aromatic rings. The van der Waals surface area contributed by atoms with Crippen molar-refractivity contribution in [1.29, 1.82) is 0 Å². The Balaban J connectivity index is 1.68. The molecule has 0 aliphatic rings. The molecule has 0 saturated heterocycles. The number of aromatic nitrogens is 1. The van der Waals surface area contributed by atoms with Crippen LogP contribution in [0.4, 0.5) is 0 Å². The first-order valence-electron chi connectivity index (χ1n) is 9.56. The highest BCUT2D eigenvalue weighted by Crippen LogP contribution is 2.32. The average Bonchev–Trinajstić information content (AvgIpc) is 3.06. The second kappa shape index (κ2) is 7.71. The van der Waals surface area contributed by atoms with Crippen molar-refractivity contribution in [1.82, 2.24) is 4.57 Å². The second-order valence-corrected chi connectivity index (χ2v) is 7.40. The van der Waals surface area contributed by atoms with Gasteiger partial charge in [-0.1, -0.05) is 74.5 Å². The molecule has 0 bridgehead atoms. The summed E-state index contributed by atoms with van der Waals surface area (Å²) in [6, 6.07) is 27.7. The number of fused-ring (bicyclic) bond motifs is 1. The fraction of sp³-hybridized carbons (Fsp3) is 0.200. The van der Waals surface area contributed by atoms with E-state index in [4.69, 9.17) is 4.74 Å². The molecule has 136 valence electrons. The van der Waals surface area contributed by atoms with Crippen molar-refractivity contribution in [2.45, 2.75) is 20.4 Å². The van der Waals surface area contributed by atoms with Gasteiger partial charge in [-0.2, -0.15) is 0 Å². The maximum absolute atomic E-state index is 5.82. The molecule has 1 heterocycles. The Morgan fingerprint density at radius 2 is 1.52 bits per heavy atom. The van der Waals surface area contributed by atoms with E-state index in [0.29, 0.717) is 5.92 Å². The number of ether oxygens (including phenoxy) is 1. The quantitative estimate of drug-likeness (QED) is 0.391. The minimum absolute atomic E-state index is 0.528. The molecule has 0 amide bonds. The summed E-state index contributed by atoms with van der Waals surface area (Å²) in [6.07, 6.45) is 2.27. The zero-order chi connectivity index (χ0) is 18.6. The van der Waals surface area contributed by atoms with Gasteiger partial charge in [-0.25, -0.2) is 0 Å². The third-order valence-electron chi connectivity index (χ3n) is 4.73. The lowest BCUT2D eigenvalue weighted by atomic mass is 10.0. The van der Waals surface area contributed by atoms with E-state index in [-0.39, 0.29) is 0 Å². The van der Waals surface area contributed by atoms with E-state index in [2.05, 4.69) is 103 Å². The van der Waals surface area contributed by atoms with Crippen LogP contribution in [-0.4, -0.2) is 11.2 Å². The first-order chi connectivity index (χ1) is 13.2. The summed E-state index contributed by atoms with van der Waals surface area (Å²) in [7, 11) is 0. The van der Waals surface area contributed by atoms with E-state index >= 15 is 0 Å². The number of hydrogen-bond acceptors (Lipinski definition) is 1. The van der Waals surface area contributed by atoms with Gasteiger partial charge in [0.25, 0.3) is 0 Å². The van der Waals surface area contributed by atoms with Gasteiger partial charge in [0, 0.05) is 29.2 Å². The molecule has 27 heavy (non-hydrogen) atoms. The van der Waals surface area contributed by atoms with Crippen LogP contribution in [0.25, 0.3) is 22.0 Å². The van der Waals surface area contributed by atoms with Crippen LogP contribution in [0, 0.1) is 5.92 Å². The largest absolute Gasteiger partial charge is 0.493 e. The zero-order valence-corrected chi connectivity index (χ0v) is 15.9. The summed E-state index contributed by atoms with van der Waals surface area (Å²) in [5, 5.41) is 1.28. The molecule has 0 unspecified atom stereocenters. The molecule has 2 heteroatoms. The van der Waals surface area contributed by atoms with Gasteiger partial charge in [0.05, 0.1) is 6.61 Å². The highest BCUT2D eigenvalue weighted by atomic mass is 16.5. The van der Waals surface area contributed by atoms with Crippen molar-refractivity contribution in [2.24, 2.45) is 5.92 Å². The lowest BCUT2D eigenvalue weighted by molar-refractivity contribution is 0.271. The SMILES string of the molecule is CC(C)COc1ccc(-c2cn(Cc3ccccc3)c3ccccc23)cc1. The van der Waals surface area contributed by atoms with Gasteiger partial charge in [-0.15, -0.1) is 0 Å². The molecule has 0 radical (unpaired) electrons. The Morgan fingerprint density at radius 1 is 0.815 bits per heavy atom.